The minimum Gasteiger partial charge on any atom is -0.608 e. The lowest BCUT2D eigenvalue weighted by molar-refractivity contribution is -0.709. The first kappa shape index (κ1) is 21.4. The lowest BCUT2D eigenvalue weighted by atomic mass is 9.87. The smallest absolute Gasteiger partial charge is 0.335 e. The molecular formula is C17H26N4O5S. The van der Waals surface area contributed by atoms with E-state index < -0.39 is 43.8 Å². The van der Waals surface area contributed by atoms with Crippen LogP contribution >= 0.6 is 0 Å². The second-order valence-electron chi connectivity index (χ2n) is 7.43. The van der Waals surface area contributed by atoms with Crippen LogP contribution in [0.2, 0.25) is 0 Å². The number of hydrogen-bond donors (Lipinski definition) is 2. The molecular weight excluding hydrogens is 372 g/mol. The second kappa shape index (κ2) is 8.01. The summed E-state index contributed by atoms with van der Waals surface area (Å²) in [5.74, 6) is -1.86. The Kier molecular flexibility index (Phi) is 6.35. The van der Waals surface area contributed by atoms with Crippen molar-refractivity contribution in [3.8, 4) is 0 Å². The summed E-state index contributed by atoms with van der Waals surface area (Å²) in [6, 6.07) is 1.66. The molecule has 2 rings (SSSR count). The first-order valence-electron chi connectivity index (χ1n) is 8.82. The number of carbonyl (C=O) groups excluding carboxylic acids is 2. The molecule has 150 valence electrons. The molecule has 2 atom stereocenters. The van der Waals surface area contributed by atoms with Crippen LogP contribution in [-0.2, 0) is 19.6 Å². The quantitative estimate of drug-likeness (QED) is 0.529. The van der Waals surface area contributed by atoms with Gasteiger partial charge in [0.05, 0.1) is 11.6 Å². The standard InChI is InChI=1S/C17H26N4O5S/c1-17(2,11-15(18)22)16(23)21(24,13-5-3-8-19-10-7-13)27(25,26)14-6-4-9-20-12-14/h4,6,9,12-13,19H,3,5,7-8,10-11H2,1-2H3,(H2,18,22). The Hall–Kier alpha value is -1.88. The Morgan fingerprint density at radius 2 is 2.07 bits per heavy atom. The highest BCUT2D eigenvalue weighted by Gasteiger charge is 2.54. The fourth-order valence-corrected chi connectivity index (χ4v) is 5.23. The van der Waals surface area contributed by atoms with Gasteiger partial charge in [0.1, 0.15) is 10.9 Å². The van der Waals surface area contributed by atoms with Crippen LogP contribution in [0.15, 0.2) is 29.4 Å². The van der Waals surface area contributed by atoms with Crippen molar-refractivity contribution in [1.29, 1.82) is 0 Å². The first-order chi connectivity index (χ1) is 12.5. The molecule has 0 saturated carbocycles. The zero-order valence-corrected chi connectivity index (χ0v) is 16.4. The van der Waals surface area contributed by atoms with Crippen molar-refractivity contribution in [3.05, 3.63) is 29.7 Å². The Morgan fingerprint density at radius 1 is 1.37 bits per heavy atom. The third-order valence-electron chi connectivity index (χ3n) is 4.79. The zero-order valence-electron chi connectivity index (χ0n) is 15.6. The molecule has 9 nitrogen and oxygen atoms in total. The number of nitrogens with zero attached hydrogens (tertiary/aromatic N) is 2. The SMILES string of the molecule is CC(C)(CC(N)=O)C(=O)[N+]([O-])(C1CCCNCC1)S(=O)(=O)c1cccnc1. The van der Waals surface area contributed by atoms with E-state index in [1.165, 1.54) is 32.2 Å². The largest absolute Gasteiger partial charge is 0.608 e. The summed E-state index contributed by atoms with van der Waals surface area (Å²) in [6.07, 6.45) is 3.09. The predicted molar refractivity (Wildman–Crippen MR) is 98.2 cm³/mol. The van der Waals surface area contributed by atoms with E-state index in [1.54, 1.807) is 0 Å². The number of aromatic nitrogens is 1. The van der Waals surface area contributed by atoms with Crippen LogP contribution in [0.5, 0.6) is 0 Å². The van der Waals surface area contributed by atoms with E-state index in [9.17, 15) is 23.2 Å². The van der Waals surface area contributed by atoms with Crippen LogP contribution in [-0.4, -0.2) is 48.4 Å². The molecule has 2 amide bonds. The minimum atomic E-state index is -4.64. The van der Waals surface area contributed by atoms with Crippen molar-refractivity contribution >= 4 is 21.8 Å². The highest BCUT2D eigenvalue weighted by molar-refractivity contribution is 7.86. The highest BCUT2D eigenvalue weighted by atomic mass is 32.2. The fourth-order valence-electron chi connectivity index (χ4n) is 3.40. The molecule has 3 N–H and O–H groups in total. The monoisotopic (exact) mass is 398 g/mol. The van der Waals surface area contributed by atoms with E-state index in [0.717, 1.165) is 6.20 Å². The maximum absolute atomic E-state index is 14.0. The van der Waals surface area contributed by atoms with Crippen molar-refractivity contribution in [2.75, 3.05) is 13.1 Å². The summed E-state index contributed by atoms with van der Waals surface area (Å²) >= 11 is 0. The van der Waals surface area contributed by atoms with Crippen molar-refractivity contribution < 1.29 is 22.1 Å². The summed E-state index contributed by atoms with van der Waals surface area (Å²) in [4.78, 5) is 28.1. The topological polar surface area (TPSA) is 142 Å². The van der Waals surface area contributed by atoms with Gasteiger partial charge in [0.15, 0.2) is 0 Å². The van der Waals surface area contributed by atoms with Crippen LogP contribution in [0.25, 0.3) is 0 Å². The van der Waals surface area contributed by atoms with Crippen molar-refractivity contribution in [2.45, 2.75) is 50.5 Å². The van der Waals surface area contributed by atoms with Gasteiger partial charge < -0.3 is 16.3 Å². The van der Waals surface area contributed by atoms with E-state index >= 15 is 0 Å². The van der Waals surface area contributed by atoms with Gasteiger partial charge in [0.25, 0.3) is 0 Å². The second-order valence-corrected chi connectivity index (χ2v) is 9.39. The number of sulfonamides is 1. The number of hydrogen-bond acceptors (Lipinski definition) is 7. The Balaban J connectivity index is 2.61. The molecule has 0 spiro atoms. The molecule has 1 fully saturated rings. The molecule has 1 saturated heterocycles. The third kappa shape index (κ3) is 4.18. The molecule has 1 aliphatic heterocycles. The number of quaternary nitrogens is 1. The summed E-state index contributed by atoms with van der Waals surface area (Å²) in [7, 11) is -4.64. The summed E-state index contributed by atoms with van der Waals surface area (Å²) in [5, 5.41) is 17.1. The van der Waals surface area contributed by atoms with Crippen molar-refractivity contribution in [2.24, 2.45) is 11.1 Å². The summed E-state index contributed by atoms with van der Waals surface area (Å²) < 4.78 is 24.6. The van der Waals surface area contributed by atoms with Crippen LogP contribution < -0.4 is 11.1 Å². The minimum absolute atomic E-state index is 0.224. The lowest BCUT2D eigenvalue weighted by Crippen LogP contribution is -2.62. The molecule has 10 heteroatoms. The van der Waals surface area contributed by atoms with Gasteiger partial charge in [-0.3, -0.25) is 9.78 Å². The van der Waals surface area contributed by atoms with Crippen LogP contribution in [0.1, 0.15) is 39.5 Å². The van der Waals surface area contributed by atoms with Crippen LogP contribution in [0, 0.1) is 10.6 Å². The number of amides is 2. The average molecular weight is 398 g/mol. The number of hydroxylamine groups is 2. The lowest BCUT2D eigenvalue weighted by Gasteiger charge is -2.46. The van der Waals surface area contributed by atoms with Crippen molar-refractivity contribution in [3.63, 3.8) is 0 Å². The molecule has 0 aromatic carbocycles. The van der Waals surface area contributed by atoms with Crippen molar-refractivity contribution in [1.82, 2.24) is 10.3 Å². The molecule has 1 aromatic heterocycles. The normalized spacial score (nSPS) is 21.1. The summed E-state index contributed by atoms with van der Waals surface area (Å²) in [5.41, 5.74) is 3.69. The molecule has 0 aliphatic carbocycles. The molecule has 2 unspecified atom stereocenters. The first-order valence-corrected chi connectivity index (χ1v) is 10.3. The number of nitrogens with two attached hydrogens (primary N) is 1. The van der Waals surface area contributed by atoms with E-state index in [1.807, 2.05) is 0 Å². The van der Waals surface area contributed by atoms with Gasteiger partial charge in [-0.1, -0.05) is 0 Å². The van der Waals surface area contributed by atoms with Gasteiger partial charge in [0.2, 0.25) is 5.91 Å². The Bertz CT molecular complexity index is 789. The van der Waals surface area contributed by atoms with Gasteiger partial charge in [-0.2, -0.15) is 12.5 Å². The van der Waals surface area contributed by atoms with E-state index in [0.29, 0.717) is 19.5 Å². The molecule has 1 aromatic rings. The van der Waals surface area contributed by atoms with Gasteiger partial charge in [-0.25, -0.2) is 4.79 Å². The van der Waals surface area contributed by atoms with Gasteiger partial charge in [-0.05, 0) is 38.9 Å². The number of rotatable bonds is 6. The molecule has 1 aliphatic rings. The van der Waals surface area contributed by atoms with E-state index in [-0.39, 0.29) is 17.7 Å². The van der Waals surface area contributed by atoms with Gasteiger partial charge in [-0.15, -0.1) is 0 Å². The maximum Gasteiger partial charge on any atom is 0.335 e. The number of pyridine rings is 1. The van der Waals surface area contributed by atoms with E-state index in [2.05, 4.69) is 10.3 Å². The molecule has 2 heterocycles. The van der Waals surface area contributed by atoms with Crippen LogP contribution in [0.4, 0.5) is 0 Å². The number of carbonyl (C=O) groups is 2. The van der Waals surface area contributed by atoms with E-state index in [4.69, 9.17) is 5.73 Å². The number of nitrogens with one attached hydrogen (secondary N) is 1. The van der Waals surface area contributed by atoms with Gasteiger partial charge >= 0.3 is 15.9 Å². The average Bonchev–Trinajstić information content (AvgIpc) is 2.89. The molecule has 0 radical (unpaired) electrons. The molecule has 27 heavy (non-hydrogen) atoms. The fraction of sp³-hybridized carbons (Fsp3) is 0.588. The number of primary amides is 1. The highest BCUT2D eigenvalue weighted by Crippen LogP contribution is 2.37. The third-order valence-corrected chi connectivity index (χ3v) is 6.81. The van der Waals surface area contributed by atoms with Crippen LogP contribution in [0.3, 0.4) is 0 Å². The Labute approximate surface area is 159 Å². The maximum atomic E-state index is 14.0. The Morgan fingerprint density at radius 3 is 2.67 bits per heavy atom. The summed E-state index contributed by atoms with van der Waals surface area (Å²) in [6.45, 7) is 3.82. The zero-order chi connectivity index (χ0) is 20.3. The van der Waals surface area contributed by atoms with Gasteiger partial charge in [0, 0.05) is 32.0 Å². The molecule has 0 bridgehead atoms. The predicted octanol–water partition coefficient (Wildman–Crippen LogP) is 0.655.